The van der Waals surface area contributed by atoms with Crippen LogP contribution in [0.3, 0.4) is 0 Å². The molecule has 2 amide bonds. The van der Waals surface area contributed by atoms with Gasteiger partial charge in [0.2, 0.25) is 11.8 Å². The Balaban J connectivity index is 2.27. The standard InChI is InChI=1S/C15H17BrN2O3/c1-2-5-13(15(17)20)18-14(19)8-4-9-21-12-7-3-6-11(16)10-12/h1,3,6-7,10,13H,4-5,8-9H2,(H2,17,20)(H,18,19)/t13-/m0/s1. The summed E-state index contributed by atoms with van der Waals surface area (Å²) in [6.45, 7) is 0.403. The number of hydrogen-bond acceptors (Lipinski definition) is 3. The Kier molecular flexibility index (Phi) is 7.33. The van der Waals surface area contributed by atoms with E-state index in [1.165, 1.54) is 0 Å². The molecule has 0 saturated carbocycles. The van der Waals surface area contributed by atoms with E-state index in [-0.39, 0.29) is 18.7 Å². The molecule has 0 aromatic heterocycles. The first-order valence-electron chi connectivity index (χ1n) is 6.43. The minimum atomic E-state index is -0.812. The van der Waals surface area contributed by atoms with Gasteiger partial charge in [-0.15, -0.1) is 12.3 Å². The highest BCUT2D eigenvalue weighted by Gasteiger charge is 2.16. The van der Waals surface area contributed by atoms with E-state index in [0.29, 0.717) is 13.0 Å². The highest BCUT2D eigenvalue weighted by Crippen LogP contribution is 2.17. The average Bonchev–Trinajstić information content (AvgIpc) is 2.43. The van der Waals surface area contributed by atoms with Crippen LogP contribution in [0, 0.1) is 12.3 Å². The molecule has 6 heteroatoms. The molecule has 0 bridgehead atoms. The first-order chi connectivity index (χ1) is 10.0. The first kappa shape index (κ1) is 17.1. The summed E-state index contributed by atoms with van der Waals surface area (Å²) in [5.74, 6) is 2.13. The molecule has 1 rings (SSSR count). The monoisotopic (exact) mass is 352 g/mol. The van der Waals surface area contributed by atoms with Crippen LogP contribution in [0.1, 0.15) is 19.3 Å². The summed E-state index contributed by atoms with van der Waals surface area (Å²) in [4.78, 5) is 22.7. The van der Waals surface area contributed by atoms with Crippen LogP contribution in [0.15, 0.2) is 28.7 Å². The maximum atomic E-state index is 11.6. The van der Waals surface area contributed by atoms with E-state index in [1.807, 2.05) is 24.3 Å². The smallest absolute Gasteiger partial charge is 0.240 e. The molecule has 0 aliphatic carbocycles. The molecule has 0 aliphatic rings. The van der Waals surface area contributed by atoms with Gasteiger partial charge < -0.3 is 15.8 Å². The number of terminal acetylenes is 1. The summed E-state index contributed by atoms with van der Waals surface area (Å²) in [6, 6.07) is 6.63. The van der Waals surface area contributed by atoms with Gasteiger partial charge in [0.25, 0.3) is 0 Å². The van der Waals surface area contributed by atoms with Crippen molar-refractivity contribution < 1.29 is 14.3 Å². The van der Waals surface area contributed by atoms with Crippen molar-refractivity contribution in [3.63, 3.8) is 0 Å². The van der Waals surface area contributed by atoms with Crippen LogP contribution in [0.5, 0.6) is 5.75 Å². The Hall–Kier alpha value is -2.00. The van der Waals surface area contributed by atoms with E-state index in [9.17, 15) is 9.59 Å². The van der Waals surface area contributed by atoms with Crippen LogP contribution in [-0.2, 0) is 9.59 Å². The van der Waals surface area contributed by atoms with Crippen molar-refractivity contribution in [2.75, 3.05) is 6.61 Å². The van der Waals surface area contributed by atoms with Crippen molar-refractivity contribution in [1.82, 2.24) is 5.32 Å². The molecular formula is C15H17BrN2O3. The second-order valence-corrected chi connectivity index (χ2v) is 5.26. The summed E-state index contributed by atoms with van der Waals surface area (Å²) in [5, 5.41) is 2.51. The van der Waals surface area contributed by atoms with Gasteiger partial charge >= 0.3 is 0 Å². The lowest BCUT2D eigenvalue weighted by Gasteiger charge is -2.12. The number of rotatable bonds is 8. The molecule has 112 valence electrons. The number of carbonyl (C=O) groups is 2. The maximum Gasteiger partial charge on any atom is 0.240 e. The molecular weight excluding hydrogens is 336 g/mol. The second kappa shape index (κ2) is 9.03. The Bertz CT molecular complexity index is 540. The van der Waals surface area contributed by atoms with Gasteiger partial charge in [0.05, 0.1) is 6.61 Å². The van der Waals surface area contributed by atoms with Crippen molar-refractivity contribution in [2.24, 2.45) is 5.73 Å². The summed E-state index contributed by atoms with van der Waals surface area (Å²) < 4.78 is 6.43. The zero-order valence-corrected chi connectivity index (χ0v) is 13.1. The highest BCUT2D eigenvalue weighted by atomic mass is 79.9. The third kappa shape index (κ3) is 6.82. The minimum Gasteiger partial charge on any atom is -0.494 e. The van der Waals surface area contributed by atoms with Gasteiger partial charge in [-0.05, 0) is 24.6 Å². The summed E-state index contributed by atoms with van der Waals surface area (Å²) >= 11 is 3.35. The highest BCUT2D eigenvalue weighted by molar-refractivity contribution is 9.10. The summed E-state index contributed by atoms with van der Waals surface area (Å²) in [7, 11) is 0. The number of benzene rings is 1. The van der Waals surface area contributed by atoms with E-state index in [4.69, 9.17) is 16.9 Å². The zero-order valence-electron chi connectivity index (χ0n) is 11.5. The predicted octanol–water partition coefficient (Wildman–Crippen LogP) is 1.60. The van der Waals surface area contributed by atoms with Crippen LogP contribution in [0.25, 0.3) is 0 Å². The minimum absolute atomic E-state index is 0.0929. The predicted molar refractivity (Wildman–Crippen MR) is 83.4 cm³/mol. The Morgan fingerprint density at radius 1 is 1.48 bits per heavy atom. The fraction of sp³-hybridized carbons (Fsp3) is 0.333. The summed E-state index contributed by atoms with van der Waals surface area (Å²) in [6.07, 6.45) is 5.97. The molecule has 1 aromatic rings. The summed E-state index contributed by atoms with van der Waals surface area (Å²) in [5.41, 5.74) is 5.14. The fourth-order valence-electron chi connectivity index (χ4n) is 1.59. The zero-order chi connectivity index (χ0) is 15.7. The Morgan fingerprint density at radius 2 is 2.24 bits per heavy atom. The van der Waals surface area contributed by atoms with Crippen molar-refractivity contribution in [2.45, 2.75) is 25.3 Å². The number of carbonyl (C=O) groups excluding carboxylic acids is 2. The Morgan fingerprint density at radius 3 is 2.86 bits per heavy atom. The van der Waals surface area contributed by atoms with E-state index in [0.717, 1.165) is 10.2 Å². The third-order valence-corrected chi connectivity index (χ3v) is 3.11. The van der Waals surface area contributed by atoms with Crippen molar-refractivity contribution >= 4 is 27.7 Å². The molecule has 0 spiro atoms. The van der Waals surface area contributed by atoms with E-state index in [2.05, 4.69) is 27.2 Å². The lowest BCUT2D eigenvalue weighted by Crippen LogP contribution is -2.44. The number of halogens is 1. The maximum absolute atomic E-state index is 11.6. The quantitative estimate of drug-likeness (QED) is 0.550. The van der Waals surface area contributed by atoms with Crippen LogP contribution >= 0.6 is 15.9 Å². The molecule has 21 heavy (non-hydrogen) atoms. The van der Waals surface area contributed by atoms with Crippen molar-refractivity contribution in [3.05, 3.63) is 28.7 Å². The van der Waals surface area contributed by atoms with Crippen LogP contribution in [0.4, 0.5) is 0 Å². The van der Waals surface area contributed by atoms with Crippen LogP contribution < -0.4 is 15.8 Å². The number of primary amides is 1. The van der Waals surface area contributed by atoms with Gasteiger partial charge in [-0.1, -0.05) is 22.0 Å². The van der Waals surface area contributed by atoms with E-state index in [1.54, 1.807) is 0 Å². The van der Waals surface area contributed by atoms with Gasteiger partial charge in [0.1, 0.15) is 11.8 Å². The number of nitrogens with one attached hydrogen (secondary N) is 1. The normalized spacial score (nSPS) is 11.2. The Labute approximate surface area is 132 Å². The number of nitrogens with two attached hydrogens (primary N) is 1. The molecule has 0 aliphatic heterocycles. The molecule has 0 heterocycles. The van der Waals surface area contributed by atoms with Gasteiger partial charge in [0.15, 0.2) is 0 Å². The van der Waals surface area contributed by atoms with Crippen LogP contribution in [0.2, 0.25) is 0 Å². The molecule has 3 N–H and O–H groups in total. The van der Waals surface area contributed by atoms with Gasteiger partial charge in [-0.25, -0.2) is 0 Å². The van der Waals surface area contributed by atoms with Crippen molar-refractivity contribution in [1.29, 1.82) is 0 Å². The molecule has 0 fully saturated rings. The van der Waals surface area contributed by atoms with Gasteiger partial charge in [0, 0.05) is 17.3 Å². The fourth-order valence-corrected chi connectivity index (χ4v) is 1.96. The molecule has 0 unspecified atom stereocenters. The van der Waals surface area contributed by atoms with E-state index < -0.39 is 11.9 Å². The lowest BCUT2D eigenvalue weighted by atomic mass is 10.2. The van der Waals surface area contributed by atoms with Crippen molar-refractivity contribution in [3.8, 4) is 18.1 Å². The SMILES string of the molecule is C#CC[C@H](NC(=O)CCCOc1cccc(Br)c1)C(N)=O. The van der Waals surface area contributed by atoms with Gasteiger partial charge in [-0.2, -0.15) is 0 Å². The largest absolute Gasteiger partial charge is 0.494 e. The van der Waals surface area contributed by atoms with Gasteiger partial charge in [-0.3, -0.25) is 9.59 Å². The molecule has 1 atom stereocenters. The number of ether oxygens (including phenoxy) is 1. The first-order valence-corrected chi connectivity index (χ1v) is 7.22. The second-order valence-electron chi connectivity index (χ2n) is 4.34. The molecule has 5 nitrogen and oxygen atoms in total. The average molecular weight is 353 g/mol. The number of amides is 2. The molecule has 0 radical (unpaired) electrons. The topological polar surface area (TPSA) is 81.4 Å². The number of hydrogen-bond donors (Lipinski definition) is 2. The molecule has 0 saturated heterocycles. The van der Waals surface area contributed by atoms with E-state index >= 15 is 0 Å². The third-order valence-electron chi connectivity index (χ3n) is 2.61. The lowest BCUT2D eigenvalue weighted by molar-refractivity contribution is -0.127. The van der Waals surface area contributed by atoms with Crippen LogP contribution in [-0.4, -0.2) is 24.5 Å². The molecule has 1 aromatic carbocycles.